The first-order valence-electron chi connectivity index (χ1n) is 8.96. The zero-order valence-corrected chi connectivity index (χ0v) is 16.0. The van der Waals surface area contributed by atoms with Gasteiger partial charge in [-0.2, -0.15) is 0 Å². The molecule has 4 nitrogen and oxygen atoms in total. The third-order valence-corrected chi connectivity index (χ3v) is 6.50. The van der Waals surface area contributed by atoms with Gasteiger partial charge in [-0.15, -0.1) is 0 Å². The van der Waals surface area contributed by atoms with Crippen molar-refractivity contribution in [3.63, 3.8) is 0 Å². The highest BCUT2D eigenvalue weighted by atomic mass is 32.1. The Hall–Kier alpha value is -1.30. The second-order valence-electron chi connectivity index (χ2n) is 7.80. The highest BCUT2D eigenvalue weighted by molar-refractivity contribution is 7.80. The van der Waals surface area contributed by atoms with Crippen LogP contribution in [0.15, 0.2) is 24.3 Å². The molecule has 1 aromatic carbocycles. The molecule has 1 heterocycles. The molecule has 0 saturated heterocycles. The van der Waals surface area contributed by atoms with E-state index in [9.17, 15) is 4.79 Å². The molecular formula is C20H27NO3S. The molecule has 136 valence electrons. The number of fused-ring (bicyclic) bond motifs is 3. The van der Waals surface area contributed by atoms with Gasteiger partial charge in [0.15, 0.2) is 0 Å². The minimum Gasteiger partial charge on any atom is -0.359 e. The molecule has 0 radical (unpaired) electrons. The van der Waals surface area contributed by atoms with Crippen molar-refractivity contribution in [2.75, 3.05) is 20.5 Å². The van der Waals surface area contributed by atoms with Crippen LogP contribution in [0.4, 0.5) is 0 Å². The molecule has 3 atom stereocenters. The van der Waals surface area contributed by atoms with E-state index in [-0.39, 0.29) is 5.91 Å². The SMILES string of the molecule is COCOCC1CC[C@@H]2C[C@H]1C2(C)C.O=C1NC(=S)c2ccccc21. The van der Waals surface area contributed by atoms with Crippen LogP contribution in [0.1, 0.15) is 49.0 Å². The molecule has 2 bridgehead atoms. The molecule has 1 aliphatic heterocycles. The highest BCUT2D eigenvalue weighted by Crippen LogP contribution is 2.61. The average Bonchev–Trinajstić information content (AvgIpc) is 2.90. The normalized spacial score (nSPS) is 28.4. The van der Waals surface area contributed by atoms with Crippen LogP contribution in [-0.4, -0.2) is 31.4 Å². The van der Waals surface area contributed by atoms with Gasteiger partial charge < -0.3 is 14.8 Å². The van der Waals surface area contributed by atoms with Gasteiger partial charge in [-0.05, 0) is 48.5 Å². The van der Waals surface area contributed by atoms with E-state index < -0.39 is 0 Å². The molecule has 1 N–H and O–H groups in total. The molecule has 4 aliphatic rings. The number of methoxy groups -OCH3 is 1. The third kappa shape index (κ3) is 3.64. The van der Waals surface area contributed by atoms with Gasteiger partial charge in [0.25, 0.3) is 5.91 Å². The van der Waals surface area contributed by atoms with Gasteiger partial charge >= 0.3 is 0 Å². The highest BCUT2D eigenvalue weighted by Gasteiger charge is 2.53. The minimum atomic E-state index is -0.0920. The van der Waals surface area contributed by atoms with Crippen molar-refractivity contribution >= 4 is 23.1 Å². The summed E-state index contributed by atoms with van der Waals surface area (Å²) in [6.07, 6.45) is 4.21. The molecule has 3 saturated carbocycles. The first-order valence-corrected chi connectivity index (χ1v) is 9.37. The van der Waals surface area contributed by atoms with Gasteiger partial charge in [0.1, 0.15) is 11.8 Å². The van der Waals surface area contributed by atoms with Crippen LogP contribution in [0.5, 0.6) is 0 Å². The first kappa shape index (κ1) is 18.5. The number of nitrogens with one attached hydrogen (secondary N) is 1. The van der Waals surface area contributed by atoms with Crippen molar-refractivity contribution in [1.82, 2.24) is 5.32 Å². The third-order valence-electron chi connectivity index (χ3n) is 6.18. The van der Waals surface area contributed by atoms with Gasteiger partial charge in [-0.1, -0.05) is 44.3 Å². The topological polar surface area (TPSA) is 47.6 Å². The molecule has 1 unspecified atom stereocenters. The van der Waals surface area contributed by atoms with E-state index in [0.717, 1.165) is 29.9 Å². The summed E-state index contributed by atoms with van der Waals surface area (Å²) in [6.45, 7) is 6.20. The number of carbonyl (C=O) groups excluding carboxylic acids is 1. The Morgan fingerprint density at radius 2 is 1.96 bits per heavy atom. The number of thiocarbonyl (C=S) groups is 1. The molecule has 3 aliphatic carbocycles. The lowest BCUT2D eigenvalue weighted by Gasteiger charge is -2.60. The quantitative estimate of drug-likeness (QED) is 0.504. The number of benzene rings is 1. The van der Waals surface area contributed by atoms with Crippen LogP contribution in [0.3, 0.4) is 0 Å². The van der Waals surface area contributed by atoms with Crippen LogP contribution in [-0.2, 0) is 9.47 Å². The molecule has 1 aromatic rings. The lowest BCUT2D eigenvalue weighted by molar-refractivity contribution is -0.139. The smallest absolute Gasteiger partial charge is 0.257 e. The van der Waals surface area contributed by atoms with E-state index in [0.29, 0.717) is 22.8 Å². The van der Waals surface area contributed by atoms with Gasteiger partial charge in [0.05, 0.1) is 6.61 Å². The van der Waals surface area contributed by atoms with Gasteiger partial charge in [0.2, 0.25) is 0 Å². The number of carbonyl (C=O) groups is 1. The van der Waals surface area contributed by atoms with E-state index in [1.165, 1.54) is 19.3 Å². The van der Waals surface area contributed by atoms with Gasteiger partial charge in [-0.3, -0.25) is 4.79 Å². The number of ether oxygens (including phenoxy) is 2. The van der Waals surface area contributed by atoms with E-state index in [2.05, 4.69) is 19.2 Å². The van der Waals surface area contributed by atoms with E-state index in [1.807, 2.05) is 18.2 Å². The standard InChI is InChI=1S/C12H22O2.C8H5NOS/c1-12(2)10-5-4-9(11(12)6-10)7-14-8-13-3;10-7-5-3-1-2-4-6(5)8(11)9-7/h9-11H,4-8H2,1-3H3;1-4H,(H,9,10,11)/t9?,10-,11-;/m1./s1. The number of hydrogen-bond acceptors (Lipinski definition) is 4. The second-order valence-corrected chi connectivity index (χ2v) is 8.21. The van der Waals surface area contributed by atoms with Crippen molar-refractivity contribution in [3.05, 3.63) is 35.4 Å². The molecule has 0 spiro atoms. The fourth-order valence-electron chi connectivity index (χ4n) is 4.56. The van der Waals surface area contributed by atoms with E-state index >= 15 is 0 Å². The number of amides is 1. The van der Waals surface area contributed by atoms with Crippen molar-refractivity contribution in [2.45, 2.75) is 33.1 Å². The Kier molecular flexibility index (Phi) is 5.56. The van der Waals surface area contributed by atoms with Crippen LogP contribution >= 0.6 is 12.2 Å². The average molecular weight is 362 g/mol. The zero-order chi connectivity index (χ0) is 18.0. The Bertz CT molecular complexity index is 623. The predicted octanol–water partition coefficient (Wildman–Crippen LogP) is 3.78. The summed E-state index contributed by atoms with van der Waals surface area (Å²) in [6, 6.07) is 7.30. The van der Waals surface area contributed by atoms with Gasteiger partial charge in [-0.25, -0.2) is 0 Å². The largest absolute Gasteiger partial charge is 0.359 e. The van der Waals surface area contributed by atoms with E-state index in [4.69, 9.17) is 21.7 Å². The second kappa shape index (κ2) is 7.52. The van der Waals surface area contributed by atoms with Crippen molar-refractivity contribution in [1.29, 1.82) is 0 Å². The van der Waals surface area contributed by atoms with Crippen LogP contribution in [0, 0.1) is 23.2 Å². The molecule has 1 amide bonds. The summed E-state index contributed by atoms with van der Waals surface area (Å²) in [7, 11) is 1.68. The summed E-state index contributed by atoms with van der Waals surface area (Å²) >= 11 is 4.92. The molecule has 3 fully saturated rings. The van der Waals surface area contributed by atoms with Crippen molar-refractivity contribution in [3.8, 4) is 0 Å². The number of hydrogen-bond donors (Lipinski definition) is 1. The first-order chi connectivity index (χ1) is 11.9. The maximum Gasteiger partial charge on any atom is 0.257 e. The number of rotatable bonds is 4. The van der Waals surface area contributed by atoms with Crippen molar-refractivity contribution in [2.24, 2.45) is 23.2 Å². The van der Waals surface area contributed by atoms with Crippen molar-refractivity contribution < 1.29 is 14.3 Å². The molecule has 25 heavy (non-hydrogen) atoms. The predicted molar refractivity (Wildman–Crippen MR) is 102 cm³/mol. The Labute approximate surface area is 155 Å². The van der Waals surface area contributed by atoms with Crippen LogP contribution in [0.25, 0.3) is 0 Å². The maximum absolute atomic E-state index is 11.1. The zero-order valence-electron chi connectivity index (χ0n) is 15.2. The molecule has 5 heteroatoms. The summed E-state index contributed by atoms with van der Waals surface area (Å²) in [5, 5.41) is 2.57. The fourth-order valence-corrected chi connectivity index (χ4v) is 4.83. The summed E-state index contributed by atoms with van der Waals surface area (Å²) in [5.74, 6) is 2.58. The Morgan fingerprint density at radius 1 is 1.24 bits per heavy atom. The molecule has 5 rings (SSSR count). The Balaban J connectivity index is 0.000000150. The minimum absolute atomic E-state index is 0.0920. The lowest BCUT2D eigenvalue weighted by atomic mass is 9.46. The summed E-state index contributed by atoms with van der Waals surface area (Å²) in [5.41, 5.74) is 2.10. The monoisotopic (exact) mass is 361 g/mol. The Morgan fingerprint density at radius 3 is 2.56 bits per heavy atom. The molecular weight excluding hydrogens is 334 g/mol. The maximum atomic E-state index is 11.1. The summed E-state index contributed by atoms with van der Waals surface area (Å²) < 4.78 is 10.4. The molecule has 0 aromatic heterocycles. The fraction of sp³-hybridized carbons (Fsp3) is 0.600. The van der Waals surface area contributed by atoms with Crippen LogP contribution in [0.2, 0.25) is 0 Å². The summed E-state index contributed by atoms with van der Waals surface area (Å²) in [4.78, 5) is 11.6. The van der Waals surface area contributed by atoms with Gasteiger partial charge in [0, 0.05) is 18.2 Å². The lowest BCUT2D eigenvalue weighted by Crippen LogP contribution is -2.53. The van der Waals surface area contributed by atoms with E-state index in [1.54, 1.807) is 13.2 Å². The van der Waals surface area contributed by atoms with Crippen LogP contribution < -0.4 is 5.32 Å².